The molecule has 1 aromatic heterocycles. The van der Waals surface area contributed by atoms with Crippen molar-refractivity contribution in [3.05, 3.63) is 52.5 Å². The molecule has 0 spiro atoms. The summed E-state index contributed by atoms with van der Waals surface area (Å²) in [5.41, 5.74) is 4.14. The Bertz CT molecular complexity index is 585. The Morgan fingerprint density at radius 1 is 1.27 bits per heavy atom. The van der Waals surface area contributed by atoms with Crippen LogP contribution < -0.4 is 5.32 Å². The fraction of sp³-hybridized carbons (Fsp3) is 0.412. The first-order valence-electron chi connectivity index (χ1n) is 7.73. The van der Waals surface area contributed by atoms with E-state index in [9.17, 15) is 4.79 Å². The molecule has 1 aliphatic heterocycles. The van der Waals surface area contributed by atoms with E-state index < -0.39 is 0 Å². The van der Waals surface area contributed by atoms with E-state index in [4.69, 9.17) is 0 Å². The number of nitrogens with one attached hydrogen (secondary N) is 1. The third-order valence-corrected chi connectivity index (χ3v) is 4.71. The summed E-state index contributed by atoms with van der Waals surface area (Å²) in [6.45, 7) is 2.34. The van der Waals surface area contributed by atoms with E-state index in [1.165, 1.54) is 5.56 Å². The van der Waals surface area contributed by atoms with Crippen molar-refractivity contribution in [3.8, 4) is 0 Å². The van der Waals surface area contributed by atoms with E-state index in [-0.39, 0.29) is 5.91 Å². The van der Waals surface area contributed by atoms with Crippen molar-refractivity contribution in [2.45, 2.75) is 38.4 Å². The molecule has 1 N–H and O–H groups in total. The lowest BCUT2D eigenvalue weighted by Gasteiger charge is -2.21. The van der Waals surface area contributed by atoms with Gasteiger partial charge in [-0.2, -0.15) is 0 Å². The smallest absolute Gasteiger partial charge is 0.222 e. The third kappa shape index (κ3) is 4.15. The molecule has 22 heavy (non-hydrogen) atoms. The van der Waals surface area contributed by atoms with Crippen LogP contribution in [0.3, 0.4) is 0 Å². The predicted molar refractivity (Wildman–Crippen MR) is 88.5 cm³/mol. The maximum absolute atomic E-state index is 12.3. The van der Waals surface area contributed by atoms with Crippen LogP contribution in [0.1, 0.15) is 30.5 Å². The van der Waals surface area contributed by atoms with Gasteiger partial charge in [0, 0.05) is 37.5 Å². The molecular weight excluding hydrogens is 294 g/mol. The van der Waals surface area contributed by atoms with Crippen LogP contribution in [-0.4, -0.2) is 28.4 Å². The minimum atomic E-state index is 0.266. The average molecular weight is 315 g/mol. The zero-order valence-corrected chi connectivity index (χ0v) is 13.4. The van der Waals surface area contributed by atoms with E-state index in [0.29, 0.717) is 12.5 Å². The first kappa shape index (κ1) is 15.2. The summed E-state index contributed by atoms with van der Waals surface area (Å²) in [6.07, 6.45) is 2.54. The number of likely N-dealkylation sites (tertiary alicyclic amines) is 1. The van der Waals surface area contributed by atoms with Gasteiger partial charge in [0.2, 0.25) is 5.91 Å². The van der Waals surface area contributed by atoms with Crippen molar-refractivity contribution in [2.24, 2.45) is 0 Å². The first-order valence-corrected chi connectivity index (χ1v) is 8.67. The average Bonchev–Trinajstić information content (AvgIpc) is 3.01. The van der Waals surface area contributed by atoms with Gasteiger partial charge in [0.15, 0.2) is 0 Å². The molecule has 1 fully saturated rings. The van der Waals surface area contributed by atoms with Gasteiger partial charge in [-0.25, -0.2) is 4.98 Å². The summed E-state index contributed by atoms with van der Waals surface area (Å²) in [6, 6.07) is 10.6. The quantitative estimate of drug-likeness (QED) is 0.923. The van der Waals surface area contributed by atoms with Crippen molar-refractivity contribution in [1.29, 1.82) is 0 Å². The van der Waals surface area contributed by atoms with Gasteiger partial charge in [-0.15, -0.1) is 11.3 Å². The van der Waals surface area contributed by atoms with Crippen LogP contribution in [0.4, 0.5) is 0 Å². The molecule has 116 valence electrons. The van der Waals surface area contributed by atoms with Gasteiger partial charge >= 0.3 is 0 Å². The molecule has 1 amide bonds. The number of nitrogens with zero attached hydrogens (tertiary/aromatic N) is 2. The summed E-state index contributed by atoms with van der Waals surface area (Å²) in [4.78, 5) is 18.6. The van der Waals surface area contributed by atoms with Gasteiger partial charge in [-0.1, -0.05) is 30.3 Å². The number of carbonyl (C=O) groups excluding carboxylic acids is 1. The second-order valence-corrected chi connectivity index (χ2v) is 6.40. The van der Waals surface area contributed by atoms with Gasteiger partial charge in [-0.05, 0) is 18.4 Å². The Hall–Kier alpha value is -1.72. The van der Waals surface area contributed by atoms with E-state index in [1.807, 2.05) is 28.6 Å². The minimum Gasteiger partial charge on any atom is -0.338 e. The predicted octanol–water partition coefficient (Wildman–Crippen LogP) is 2.81. The number of thiazole rings is 1. The van der Waals surface area contributed by atoms with Crippen molar-refractivity contribution in [3.63, 3.8) is 0 Å². The molecule has 1 aliphatic rings. The molecule has 0 unspecified atom stereocenters. The zero-order chi connectivity index (χ0) is 15.2. The number of carbonyl (C=O) groups is 1. The lowest BCUT2D eigenvalue weighted by Crippen LogP contribution is -2.31. The van der Waals surface area contributed by atoms with Crippen LogP contribution in [0, 0.1) is 0 Å². The van der Waals surface area contributed by atoms with Gasteiger partial charge in [0.25, 0.3) is 0 Å². The van der Waals surface area contributed by atoms with Crippen LogP contribution in [-0.2, 0) is 17.9 Å². The standard InChI is InChI=1S/C17H21N3OS/c21-17-7-6-15(18-10-16-12-22-13-19-16)8-9-20(17)11-14-4-2-1-3-5-14/h1-5,12-13,15,18H,6-11H2/t15-/m1/s1. The Morgan fingerprint density at radius 3 is 2.91 bits per heavy atom. The second-order valence-electron chi connectivity index (χ2n) is 5.69. The van der Waals surface area contributed by atoms with Crippen molar-refractivity contribution in [1.82, 2.24) is 15.2 Å². The van der Waals surface area contributed by atoms with E-state index in [1.54, 1.807) is 11.3 Å². The Morgan fingerprint density at radius 2 is 2.14 bits per heavy atom. The summed E-state index contributed by atoms with van der Waals surface area (Å²) < 4.78 is 0. The zero-order valence-electron chi connectivity index (χ0n) is 12.6. The molecule has 0 aliphatic carbocycles. The van der Waals surface area contributed by atoms with Crippen molar-refractivity contribution in [2.75, 3.05) is 6.54 Å². The van der Waals surface area contributed by atoms with Crippen LogP contribution >= 0.6 is 11.3 Å². The summed E-state index contributed by atoms with van der Waals surface area (Å²) in [7, 11) is 0. The number of rotatable bonds is 5. The molecule has 1 aromatic carbocycles. The van der Waals surface area contributed by atoms with Gasteiger partial charge in [0.1, 0.15) is 0 Å². The number of amides is 1. The van der Waals surface area contributed by atoms with Crippen LogP contribution in [0.5, 0.6) is 0 Å². The topological polar surface area (TPSA) is 45.2 Å². The summed E-state index contributed by atoms with van der Waals surface area (Å²) in [5.74, 6) is 0.266. The molecule has 2 heterocycles. The lowest BCUT2D eigenvalue weighted by atomic mass is 10.1. The number of benzene rings is 1. The largest absolute Gasteiger partial charge is 0.338 e. The Labute approximate surface area is 135 Å². The maximum Gasteiger partial charge on any atom is 0.222 e. The number of hydrogen-bond acceptors (Lipinski definition) is 4. The van der Waals surface area contributed by atoms with Gasteiger partial charge in [-0.3, -0.25) is 4.79 Å². The van der Waals surface area contributed by atoms with Crippen LogP contribution in [0.25, 0.3) is 0 Å². The van der Waals surface area contributed by atoms with Gasteiger partial charge < -0.3 is 10.2 Å². The summed E-state index contributed by atoms with van der Waals surface area (Å²) in [5, 5.41) is 5.60. The fourth-order valence-corrected chi connectivity index (χ4v) is 3.34. The maximum atomic E-state index is 12.3. The second kappa shape index (κ2) is 7.51. The third-order valence-electron chi connectivity index (χ3n) is 4.08. The van der Waals surface area contributed by atoms with E-state index in [2.05, 4.69) is 27.8 Å². The SMILES string of the molecule is O=C1CC[C@@H](NCc2cscn2)CCN1Cc1ccccc1. The molecule has 3 rings (SSSR count). The highest BCUT2D eigenvalue weighted by atomic mass is 32.1. The van der Waals surface area contributed by atoms with Crippen molar-refractivity contribution >= 4 is 17.2 Å². The molecule has 1 atom stereocenters. The van der Waals surface area contributed by atoms with E-state index >= 15 is 0 Å². The lowest BCUT2D eigenvalue weighted by molar-refractivity contribution is -0.131. The molecular formula is C17H21N3OS. The fourth-order valence-electron chi connectivity index (χ4n) is 2.79. The molecule has 1 saturated heterocycles. The minimum absolute atomic E-state index is 0.266. The Kier molecular flexibility index (Phi) is 5.19. The molecule has 5 heteroatoms. The molecule has 4 nitrogen and oxygen atoms in total. The van der Waals surface area contributed by atoms with Crippen LogP contribution in [0.15, 0.2) is 41.2 Å². The number of aromatic nitrogens is 1. The number of hydrogen-bond donors (Lipinski definition) is 1. The molecule has 0 bridgehead atoms. The highest BCUT2D eigenvalue weighted by molar-refractivity contribution is 7.07. The van der Waals surface area contributed by atoms with E-state index in [0.717, 1.165) is 38.2 Å². The highest BCUT2D eigenvalue weighted by Gasteiger charge is 2.22. The normalized spacial score (nSPS) is 19.2. The monoisotopic (exact) mass is 315 g/mol. The van der Waals surface area contributed by atoms with Crippen LogP contribution in [0.2, 0.25) is 0 Å². The Balaban J connectivity index is 1.52. The molecule has 0 radical (unpaired) electrons. The highest BCUT2D eigenvalue weighted by Crippen LogP contribution is 2.16. The van der Waals surface area contributed by atoms with Crippen molar-refractivity contribution < 1.29 is 4.79 Å². The van der Waals surface area contributed by atoms with Gasteiger partial charge in [0.05, 0.1) is 11.2 Å². The summed E-state index contributed by atoms with van der Waals surface area (Å²) >= 11 is 1.62. The first-order chi connectivity index (χ1) is 10.8. The molecule has 0 saturated carbocycles. The molecule has 2 aromatic rings.